The molecule has 1 N–H and O–H groups in total. The van der Waals surface area contributed by atoms with Gasteiger partial charge >= 0.3 is 0 Å². The van der Waals surface area contributed by atoms with Crippen molar-refractivity contribution >= 4 is 6.01 Å². The summed E-state index contributed by atoms with van der Waals surface area (Å²) in [7, 11) is 2.05. The highest BCUT2D eigenvalue weighted by atomic mass is 16.4. The molecule has 0 radical (unpaired) electrons. The Morgan fingerprint density at radius 1 is 1.62 bits per heavy atom. The van der Waals surface area contributed by atoms with E-state index in [2.05, 4.69) is 29.0 Å². The van der Waals surface area contributed by atoms with Crippen LogP contribution in [-0.4, -0.2) is 25.1 Å². The van der Waals surface area contributed by atoms with Gasteiger partial charge in [-0.25, -0.2) is 0 Å². The first-order chi connectivity index (χ1) is 7.70. The van der Waals surface area contributed by atoms with E-state index in [0.29, 0.717) is 0 Å². The van der Waals surface area contributed by atoms with Gasteiger partial charge in [0.2, 0.25) is 0 Å². The van der Waals surface area contributed by atoms with Crippen LogP contribution in [0, 0.1) is 11.8 Å². The maximum atomic E-state index is 5.46. The summed E-state index contributed by atoms with van der Waals surface area (Å²) in [4.78, 5) is 6.57. The van der Waals surface area contributed by atoms with Gasteiger partial charge in [0.15, 0.2) is 0 Å². The van der Waals surface area contributed by atoms with Crippen LogP contribution in [0.25, 0.3) is 0 Å². The fourth-order valence-electron chi connectivity index (χ4n) is 1.89. The standard InChI is InChI=1S/C12H21N3O/c1-4-13-6-11-8-16-12(14-11)15(3)7-10-5-9(10)2/h8-10,13H,4-7H2,1-3H3. The minimum atomic E-state index is 0.743. The van der Waals surface area contributed by atoms with E-state index in [0.717, 1.165) is 43.2 Å². The molecule has 4 nitrogen and oxygen atoms in total. The summed E-state index contributed by atoms with van der Waals surface area (Å²) in [5.41, 5.74) is 0.979. The largest absolute Gasteiger partial charge is 0.432 e. The average Bonchev–Trinajstić information content (AvgIpc) is 2.81. The van der Waals surface area contributed by atoms with Gasteiger partial charge < -0.3 is 14.6 Å². The van der Waals surface area contributed by atoms with Crippen molar-refractivity contribution in [2.24, 2.45) is 11.8 Å². The molecule has 2 atom stereocenters. The van der Waals surface area contributed by atoms with Crippen LogP contribution in [0.3, 0.4) is 0 Å². The fraction of sp³-hybridized carbons (Fsp3) is 0.750. The Kier molecular flexibility index (Phi) is 3.49. The van der Waals surface area contributed by atoms with Crippen molar-refractivity contribution in [3.63, 3.8) is 0 Å². The van der Waals surface area contributed by atoms with Crippen LogP contribution in [0.1, 0.15) is 26.0 Å². The summed E-state index contributed by atoms with van der Waals surface area (Å²) in [6.07, 6.45) is 3.08. The second-order valence-electron chi connectivity index (χ2n) is 4.76. The first-order valence-electron chi connectivity index (χ1n) is 6.07. The zero-order chi connectivity index (χ0) is 11.5. The second-order valence-corrected chi connectivity index (χ2v) is 4.76. The highest BCUT2D eigenvalue weighted by molar-refractivity contribution is 5.26. The van der Waals surface area contributed by atoms with Crippen LogP contribution in [0.5, 0.6) is 0 Å². The number of nitrogens with one attached hydrogen (secondary N) is 1. The van der Waals surface area contributed by atoms with Crippen molar-refractivity contribution in [2.45, 2.75) is 26.8 Å². The number of anilines is 1. The average molecular weight is 223 g/mol. The van der Waals surface area contributed by atoms with Crippen molar-refractivity contribution in [2.75, 3.05) is 25.0 Å². The molecule has 1 aromatic heterocycles. The summed E-state index contributed by atoms with van der Waals surface area (Å²) in [5, 5.41) is 3.24. The molecule has 1 aliphatic carbocycles. The number of hydrogen-bond donors (Lipinski definition) is 1. The number of nitrogens with zero attached hydrogens (tertiary/aromatic N) is 2. The van der Waals surface area contributed by atoms with Crippen molar-refractivity contribution in [3.05, 3.63) is 12.0 Å². The zero-order valence-corrected chi connectivity index (χ0v) is 10.4. The summed E-state index contributed by atoms with van der Waals surface area (Å²) in [6, 6.07) is 0.743. The van der Waals surface area contributed by atoms with Crippen LogP contribution < -0.4 is 10.2 Å². The third-order valence-corrected chi connectivity index (χ3v) is 3.21. The van der Waals surface area contributed by atoms with Gasteiger partial charge in [-0.05, 0) is 24.8 Å². The van der Waals surface area contributed by atoms with Gasteiger partial charge in [-0.15, -0.1) is 0 Å². The molecule has 1 aliphatic rings. The summed E-state index contributed by atoms with van der Waals surface area (Å²) in [5.74, 6) is 1.70. The first kappa shape index (κ1) is 11.5. The van der Waals surface area contributed by atoms with E-state index >= 15 is 0 Å². The Hall–Kier alpha value is -1.03. The Labute approximate surface area is 97.0 Å². The lowest BCUT2D eigenvalue weighted by Gasteiger charge is -2.13. The summed E-state index contributed by atoms with van der Waals surface area (Å²) < 4.78 is 5.46. The van der Waals surface area contributed by atoms with E-state index in [4.69, 9.17) is 4.42 Å². The third-order valence-electron chi connectivity index (χ3n) is 3.21. The molecule has 90 valence electrons. The molecule has 0 spiro atoms. The topological polar surface area (TPSA) is 41.3 Å². The monoisotopic (exact) mass is 223 g/mol. The van der Waals surface area contributed by atoms with Gasteiger partial charge in [0.25, 0.3) is 6.01 Å². The molecule has 1 fully saturated rings. The third kappa shape index (κ3) is 2.76. The van der Waals surface area contributed by atoms with Crippen LogP contribution in [0.4, 0.5) is 6.01 Å². The van der Waals surface area contributed by atoms with Crippen molar-refractivity contribution < 1.29 is 4.42 Å². The van der Waals surface area contributed by atoms with Gasteiger partial charge in [0.1, 0.15) is 6.26 Å². The van der Waals surface area contributed by atoms with Gasteiger partial charge in [-0.1, -0.05) is 13.8 Å². The Morgan fingerprint density at radius 2 is 2.38 bits per heavy atom. The van der Waals surface area contributed by atoms with Crippen LogP contribution in [-0.2, 0) is 6.54 Å². The number of hydrogen-bond acceptors (Lipinski definition) is 4. The number of oxazole rings is 1. The lowest BCUT2D eigenvalue weighted by atomic mass is 10.3. The Morgan fingerprint density at radius 3 is 3.00 bits per heavy atom. The predicted molar refractivity (Wildman–Crippen MR) is 64.4 cm³/mol. The molecular formula is C12H21N3O. The highest BCUT2D eigenvalue weighted by Gasteiger charge is 2.33. The van der Waals surface area contributed by atoms with E-state index in [1.165, 1.54) is 6.42 Å². The lowest BCUT2D eigenvalue weighted by molar-refractivity contribution is 0.535. The normalized spacial score (nSPS) is 23.4. The molecule has 4 heteroatoms. The van der Waals surface area contributed by atoms with Crippen molar-refractivity contribution in [1.82, 2.24) is 10.3 Å². The van der Waals surface area contributed by atoms with E-state index < -0.39 is 0 Å². The molecule has 0 saturated heterocycles. The van der Waals surface area contributed by atoms with Gasteiger partial charge in [-0.2, -0.15) is 4.98 Å². The molecule has 0 aliphatic heterocycles. The SMILES string of the molecule is CCNCc1coc(N(C)CC2CC2C)n1. The Bertz CT molecular complexity index is 337. The quantitative estimate of drug-likeness (QED) is 0.799. The van der Waals surface area contributed by atoms with E-state index in [-0.39, 0.29) is 0 Å². The molecule has 16 heavy (non-hydrogen) atoms. The van der Waals surface area contributed by atoms with Gasteiger partial charge in [0.05, 0.1) is 5.69 Å². The molecular weight excluding hydrogens is 202 g/mol. The maximum absolute atomic E-state index is 5.46. The molecule has 2 rings (SSSR count). The van der Waals surface area contributed by atoms with Crippen LogP contribution in [0.15, 0.2) is 10.7 Å². The van der Waals surface area contributed by atoms with E-state index in [1.807, 2.05) is 7.05 Å². The van der Waals surface area contributed by atoms with E-state index in [1.54, 1.807) is 6.26 Å². The fourth-order valence-corrected chi connectivity index (χ4v) is 1.89. The molecule has 0 amide bonds. The first-order valence-corrected chi connectivity index (χ1v) is 6.07. The molecule has 0 aromatic carbocycles. The van der Waals surface area contributed by atoms with Crippen LogP contribution in [0.2, 0.25) is 0 Å². The molecule has 2 unspecified atom stereocenters. The van der Waals surface area contributed by atoms with Gasteiger partial charge in [-0.3, -0.25) is 0 Å². The molecule has 1 aromatic rings. The highest BCUT2D eigenvalue weighted by Crippen LogP contribution is 2.38. The zero-order valence-electron chi connectivity index (χ0n) is 10.4. The van der Waals surface area contributed by atoms with Crippen LogP contribution >= 0.6 is 0 Å². The van der Waals surface area contributed by atoms with E-state index in [9.17, 15) is 0 Å². The second kappa shape index (κ2) is 4.87. The summed E-state index contributed by atoms with van der Waals surface area (Å²) in [6.45, 7) is 7.18. The molecule has 0 bridgehead atoms. The van der Waals surface area contributed by atoms with Crippen molar-refractivity contribution in [1.29, 1.82) is 0 Å². The minimum absolute atomic E-state index is 0.743. The maximum Gasteiger partial charge on any atom is 0.297 e. The lowest BCUT2D eigenvalue weighted by Crippen LogP contribution is -2.21. The number of rotatable bonds is 6. The molecule has 1 saturated carbocycles. The van der Waals surface area contributed by atoms with Crippen molar-refractivity contribution in [3.8, 4) is 0 Å². The smallest absolute Gasteiger partial charge is 0.297 e. The summed E-state index contributed by atoms with van der Waals surface area (Å²) >= 11 is 0. The Balaban J connectivity index is 1.85. The number of aromatic nitrogens is 1. The molecule has 1 heterocycles. The minimum Gasteiger partial charge on any atom is -0.432 e. The predicted octanol–water partition coefficient (Wildman–Crippen LogP) is 1.88. The van der Waals surface area contributed by atoms with Gasteiger partial charge in [0, 0.05) is 20.1 Å².